The number of nitro benzene ring substituents is 1. The number of benzene rings is 1. The van der Waals surface area contributed by atoms with Gasteiger partial charge in [0.2, 0.25) is 0 Å². The van der Waals surface area contributed by atoms with E-state index in [1.807, 2.05) is 13.8 Å². The fraction of sp³-hybridized carbons (Fsp3) is 0.600. The summed E-state index contributed by atoms with van der Waals surface area (Å²) in [4.78, 5) is 9.71. The molecule has 1 aliphatic rings. The van der Waals surface area contributed by atoms with Crippen LogP contribution >= 0.6 is 0 Å². The van der Waals surface area contributed by atoms with E-state index in [-0.39, 0.29) is 18.1 Å². The van der Waals surface area contributed by atoms with Crippen LogP contribution in [0.1, 0.15) is 37.8 Å². The average molecular weight is 317 g/mol. The third kappa shape index (κ3) is 3.97. The summed E-state index contributed by atoms with van der Waals surface area (Å²) in [6.45, 7) is 3.89. The second kappa shape index (κ2) is 6.24. The van der Waals surface area contributed by atoms with Gasteiger partial charge in [-0.25, -0.2) is 0 Å². The minimum atomic E-state index is -4.72. The lowest BCUT2D eigenvalue weighted by Crippen LogP contribution is -2.34. The molecule has 0 saturated heterocycles. The maximum Gasteiger partial charge on any atom is 0.423 e. The Morgan fingerprint density at radius 1 is 1.36 bits per heavy atom. The van der Waals surface area contributed by atoms with Crippen molar-refractivity contribution in [1.29, 1.82) is 0 Å². The van der Waals surface area contributed by atoms with Gasteiger partial charge in [-0.2, -0.15) is 13.2 Å². The molecule has 1 aliphatic carbocycles. The van der Waals surface area contributed by atoms with Gasteiger partial charge < -0.3 is 4.74 Å². The molecule has 0 aliphatic heterocycles. The number of ether oxygens (including phenoxy) is 1. The summed E-state index contributed by atoms with van der Waals surface area (Å²) in [5.41, 5.74) is -1.60. The Bertz CT molecular complexity index is 551. The van der Waals surface area contributed by atoms with Crippen LogP contribution in [0.25, 0.3) is 0 Å². The molecule has 0 amide bonds. The molecule has 122 valence electrons. The Kier molecular flexibility index (Phi) is 4.75. The van der Waals surface area contributed by atoms with E-state index >= 15 is 0 Å². The molecule has 2 rings (SSSR count). The smallest absolute Gasteiger partial charge is 0.376 e. The molecule has 7 heteroatoms. The summed E-state index contributed by atoms with van der Waals surface area (Å²) in [7, 11) is 0. The van der Waals surface area contributed by atoms with E-state index in [4.69, 9.17) is 4.74 Å². The Labute approximate surface area is 126 Å². The van der Waals surface area contributed by atoms with Crippen LogP contribution in [0.15, 0.2) is 18.2 Å². The first-order chi connectivity index (χ1) is 10.2. The van der Waals surface area contributed by atoms with Crippen molar-refractivity contribution in [3.05, 3.63) is 39.4 Å². The highest BCUT2D eigenvalue weighted by molar-refractivity contribution is 5.44. The highest BCUT2D eigenvalue weighted by Gasteiger charge is 2.39. The normalized spacial score (nSPS) is 21.7. The zero-order chi connectivity index (χ0) is 16.5. The van der Waals surface area contributed by atoms with Crippen LogP contribution in [0.4, 0.5) is 18.9 Å². The summed E-state index contributed by atoms with van der Waals surface area (Å²) in [6, 6.07) is 3.25. The number of nitrogens with zero attached hydrogens (tertiary/aromatic N) is 1. The van der Waals surface area contributed by atoms with Crippen LogP contribution in [0.5, 0.6) is 0 Å². The molecule has 0 N–H and O–H groups in total. The molecule has 0 bridgehead atoms. The van der Waals surface area contributed by atoms with Crippen LogP contribution < -0.4 is 0 Å². The Hall–Kier alpha value is -1.63. The van der Waals surface area contributed by atoms with Gasteiger partial charge in [-0.1, -0.05) is 6.07 Å². The fourth-order valence-electron chi connectivity index (χ4n) is 2.77. The predicted octanol–water partition coefficient (Wildman–Crippen LogP) is 4.36. The SMILES string of the molecule is CC(C)OC1CC(Cc2ccc([N+](=O)[O-])c(C(F)(F)F)c2)C1. The first kappa shape index (κ1) is 16.7. The van der Waals surface area contributed by atoms with Gasteiger partial charge in [0, 0.05) is 6.07 Å². The molecule has 1 aromatic rings. The van der Waals surface area contributed by atoms with E-state index < -0.39 is 22.4 Å². The molecule has 4 nitrogen and oxygen atoms in total. The summed E-state index contributed by atoms with van der Waals surface area (Å²) in [5.74, 6) is 0.270. The van der Waals surface area contributed by atoms with E-state index in [0.29, 0.717) is 12.0 Å². The lowest BCUT2D eigenvalue weighted by atomic mass is 9.78. The zero-order valence-corrected chi connectivity index (χ0v) is 12.4. The summed E-state index contributed by atoms with van der Waals surface area (Å²) >= 11 is 0. The maximum absolute atomic E-state index is 12.9. The highest BCUT2D eigenvalue weighted by atomic mass is 19.4. The van der Waals surface area contributed by atoms with Crippen molar-refractivity contribution < 1.29 is 22.8 Å². The average Bonchev–Trinajstić information content (AvgIpc) is 2.34. The first-order valence-corrected chi connectivity index (χ1v) is 7.16. The lowest BCUT2D eigenvalue weighted by molar-refractivity contribution is -0.388. The maximum atomic E-state index is 12.9. The second-order valence-electron chi connectivity index (χ2n) is 5.95. The van der Waals surface area contributed by atoms with Gasteiger partial charge in [-0.05, 0) is 50.7 Å². The van der Waals surface area contributed by atoms with Gasteiger partial charge >= 0.3 is 6.18 Å². The second-order valence-corrected chi connectivity index (χ2v) is 5.95. The van der Waals surface area contributed by atoms with Gasteiger partial charge in [0.1, 0.15) is 5.56 Å². The largest absolute Gasteiger partial charge is 0.423 e. The van der Waals surface area contributed by atoms with Crippen LogP contribution in [-0.4, -0.2) is 17.1 Å². The molecule has 0 heterocycles. The van der Waals surface area contributed by atoms with Crippen LogP contribution in [0, 0.1) is 16.0 Å². The van der Waals surface area contributed by atoms with Crippen LogP contribution in [0.2, 0.25) is 0 Å². The van der Waals surface area contributed by atoms with Crippen molar-refractivity contribution in [2.45, 2.75) is 51.5 Å². The fourth-order valence-corrected chi connectivity index (χ4v) is 2.77. The number of hydrogen-bond acceptors (Lipinski definition) is 3. The van der Waals surface area contributed by atoms with E-state index in [0.717, 1.165) is 25.0 Å². The number of nitro groups is 1. The van der Waals surface area contributed by atoms with Crippen molar-refractivity contribution in [3.8, 4) is 0 Å². The molecular weight excluding hydrogens is 299 g/mol. The third-order valence-corrected chi connectivity index (χ3v) is 3.74. The monoisotopic (exact) mass is 317 g/mol. The quantitative estimate of drug-likeness (QED) is 0.599. The van der Waals surface area contributed by atoms with Crippen molar-refractivity contribution >= 4 is 5.69 Å². The molecule has 0 aromatic heterocycles. The van der Waals surface area contributed by atoms with Crippen molar-refractivity contribution in [2.75, 3.05) is 0 Å². The van der Waals surface area contributed by atoms with E-state index in [1.54, 1.807) is 0 Å². The van der Waals surface area contributed by atoms with Gasteiger partial charge in [0.05, 0.1) is 17.1 Å². The lowest BCUT2D eigenvalue weighted by Gasteiger charge is -2.36. The molecule has 1 aromatic carbocycles. The highest BCUT2D eigenvalue weighted by Crippen LogP contribution is 2.38. The number of alkyl halides is 3. The minimum Gasteiger partial charge on any atom is -0.376 e. The molecule has 0 spiro atoms. The number of rotatable bonds is 5. The van der Waals surface area contributed by atoms with Gasteiger partial charge in [-0.3, -0.25) is 10.1 Å². The molecule has 0 unspecified atom stereocenters. The zero-order valence-electron chi connectivity index (χ0n) is 12.4. The predicted molar refractivity (Wildman–Crippen MR) is 74.5 cm³/mol. The minimum absolute atomic E-state index is 0.141. The van der Waals surface area contributed by atoms with Gasteiger partial charge in [0.15, 0.2) is 0 Å². The van der Waals surface area contributed by atoms with Crippen molar-refractivity contribution in [1.82, 2.24) is 0 Å². The molecular formula is C15H18F3NO3. The van der Waals surface area contributed by atoms with Crippen molar-refractivity contribution in [2.24, 2.45) is 5.92 Å². The van der Waals surface area contributed by atoms with E-state index in [2.05, 4.69) is 0 Å². The topological polar surface area (TPSA) is 52.4 Å². The molecule has 22 heavy (non-hydrogen) atoms. The molecule has 1 saturated carbocycles. The van der Waals surface area contributed by atoms with Gasteiger partial charge in [0.25, 0.3) is 5.69 Å². The van der Waals surface area contributed by atoms with Crippen LogP contribution in [-0.2, 0) is 17.3 Å². The molecule has 0 atom stereocenters. The Balaban J connectivity index is 2.06. The standard InChI is InChI=1S/C15H18F3NO3/c1-9(2)22-12-6-11(7-12)5-10-3-4-14(19(20)21)13(8-10)15(16,17)18/h3-4,8-9,11-12H,5-7H2,1-2H3. The van der Waals surface area contributed by atoms with Crippen molar-refractivity contribution in [3.63, 3.8) is 0 Å². The first-order valence-electron chi connectivity index (χ1n) is 7.16. The number of halogens is 3. The Morgan fingerprint density at radius 2 is 2.00 bits per heavy atom. The van der Waals surface area contributed by atoms with E-state index in [1.165, 1.54) is 6.07 Å². The summed E-state index contributed by atoms with van der Waals surface area (Å²) in [6.07, 6.45) is -2.29. The Morgan fingerprint density at radius 3 is 2.50 bits per heavy atom. The summed E-state index contributed by atoms with van der Waals surface area (Å²) in [5, 5.41) is 10.7. The third-order valence-electron chi connectivity index (χ3n) is 3.74. The van der Waals surface area contributed by atoms with Crippen LogP contribution in [0.3, 0.4) is 0 Å². The van der Waals surface area contributed by atoms with Gasteiger partial charge in [-0.15, -0.1) is 0 Å². The summed E-state index contributed by atoms with van der Waals surface area (Å²) < 4.78 is 44.3. The number of hydrogen-bond donors (Lipinski definition) is 0. The molecule has 1 fully saturated rings. The van der Waals surface area contributed by atoms with E-state index in [9.17, 15) is 23.3 Å². The molecule has 0 radical (unpaired) electrons.